The van der Waals surface area contributed by atoms with Gasteiger partial charge in [-0.15, -0.1) is 0 Å². The summed E-state index contributed by atoms with van der Waals surface area (Å²) >= 11 is 0. The van der Waals surface area contributed by atoms with Crippen molar-refractivity contribution in [2.45, 2.75) is 26.8 Å². The molecular weight excluding hydrogens is 290 g/mol. The maximum atomic E-state index is 12.0. The third-order valence-corrected chi connectivity index (χ3v) is 3.29. The second-order valence-electron chi connectivity index (χ2n) is 5.65. The van der Waals surface area contributed by atoms with Crippen LogP contribution in [0.15, 0.2) is 42.6 Å². The number of benzene rings is 1. The quantitative estimate of drug-likeness (QED) is 0.890. The molecule has 2 amide bonds. The maximum Gasteiger partial charge on any atom is 0.251 e. The Hall–Kier alpha value is -2.69. The molecule has 1 aromatic heterocycles. The molecule has 1 aromatic carbocycles. The van der Waals surface area contributed by atoms with Gasteiger partial charge in [0, 0.05) is 23.4 Å². The summed E-state index contributed by atoms with van der Waals surface area (Å²) in [6.07, 6.45) is 1.75. The van der Waals surface area contributed by atoms with Crippen molar-refractivity contribution in [3.05, 3.63) is 53.7 Å². The van der Waals surface area contributed by atoms with E-state index in [-0.39, 0.29) is 24.4 Å². The Balaban J connectivity index is 2.01. The van der Waals surface area contributed by atoms with E-state index < -0.39 is 0 Å². The molecule has 0 unspecified atom stereocenters. The predicted octanol–water partition coefficient (Wildman–Crippen LogP) is 2.31. The van der Waals surface area contributed by atoms with Crippen molar-refractivity contribution in [3.8, 4) is 11.3 Å². The zero-order valence-corrected chi connectivity index (χ0v) is 13.6. The van der Waals surface area contributed by atoms with Gasteiger partial charge in [-0.05, 0) is 44.5 Å². The second-order valence-corrected chi connectivity index (χ2v) is 5.65. The summed E-state index contributed by atoms with van der Waals surface area (Å²) in [5, 5.41) is 5.33. The van der Waals surface area contributed by atoms with Gasteiger partial charge in [0.25, 0.3) is 5.91 Å². The molecule has 0 atom stereocenters. The first-order valence-corrected chi connectivity index (χ1v) is 7.57. The van der Waals surface area contributed by atoms with Crippen molar-refractivity contribution in [1.82, 2.24) is 15.6 Å². The van der Waals surface area contributed by atoms with Gasteiger partial charge in [0.05, 0.1) is 12.2 Å². The van der Waals surface area contributed by atoms with Crippen LogP contribution < -0.4 is 10.6 Å². The standard InChI is InChI=1S/C18H21N3O2/c1-12(2)21-16(22)11-20-18(23)15-8-6-14(7-9-15)17-13(3)5-4-10-19-17/h4-10,12H,11H2,1-3H3,(H,20,23)(H,21,22). The van der Waals surface area contributed by atoms with Crippen LogP contribution in [0.5, 0.6) is 0 Å². The third-order valence-electron chi connectivity index (χ3n) is 3.29. The molecule has 5 heteroatoms. The first kappa shape index (κ1) is 16.7. The maximum absolute atomic E-state index is 12.0. The summed E-state index contributed by atoms with van der Waals surface area (Å²) < 4.78 is 0. The Labute approximate surface area is 136 Å². The zero-order chi connectivity index (χ0) is 16.8. The van der Waals surface area contributed by atoms with Crippen LogP contribution >= 0.6 is 0 Å². The number of aromatic nitrogens is 1. The van der Waals surface area contributed by atoms with E-state index in [0.717, 1.165) is 16.8 Å². The molecule has 0 saturated heterocycles. The fraction of sp³-hybridized carbons (Fsp3) is 0.278. The van der Waals surface area contributed by atoms with Crippen LogP contribution in [-0.2, 0) is 4.79 Å². The lowest BCUT2D eigenvalue weighted by Crippen LogP contribution is -2.39. The van der Waals surface area contributed by atoms with Crippen molar-refractivity contribution in [2.75, 3.05) is 6.54 Å². The molecule has 0 aliphatic carbocycles. The summed E-state index contributed by atoms with van der Waals surface area (Å²) in [5.41, 5.74) is 3.45. The summed E-state index contributed by atoms with van der Waals surface area (Å²) in [7, 11) is 0. The molecule has 0 aliphatic heterocycles. The Kier molecular flexibility index (Phi) is 5.46. The highest BCUT2D eigenvalue weighted by atomic mass is 16.2. The number of nitrogens with one attached hydrogen (secondary N) is 2. The van der Waals surface area contributed by atoms with Gasteiger partial charge < -0.3 is 10.6 Å². The van der Waals surface area contributed by atoms with Gasteiger partial charge >= 0.3 is 0 Å². The predicted molar refractivity (Wildman–Crippen MR) is 90.0 cm³/mol. The Morgan fingerprint density at radius 3 is 2.43 bits per heavy atom. The van der Waals surface area contributed by atoms with Crippen LogP contribution in [0.25, 0.3) is 11.3 Å². The summed E-state index contributed by atoms with van der Waals surface area (Å²) in [5.74, 6) is -0.470. The molecule has 0 bridgehead atoms. The van der Waals surface area contributed by atoms with Crippen molar-refractivity contribution in [3.63, 3.8) is 0 Å². The number of nitrogens with zero attached hydrogens (tertiary/aromatic N) is 1. The van der Waals surface area contributed by atoms with Crippen LogP contribution in [0, 0.1) is 6.92 Å². The number of hydrogen-bond donors (Lipinski definition) is 2. The lowest BCUT2D eigenvalue weighted by atomic mass is 10.0. The highest BCUT2D eigenvalue weighted by Gasteiger charge is 2.09. The lowest BCUT2D eigenvalue weighted by Gasteiger charge is -2.10. The van der Waals surface area contributed by atoms with E-state index >= 15 is 0 Å². The molecule has 5 nitrogen and oxygen atoms in total. The largest absolute Gasteiger partial charge is 0.352 e. The number of pyridine rings is 1. The van der Waals surface area contributed by atoms with E-state index in [9.17, 15) is 9.59 Å². The SMILES string of the molecule is Cc1cccnc1-c1ccc(C(=O)NCC(=O)NC(C)C)cc1. The van der Waals surface area contributed by atoms with Crippen molar-refractivity contribution >= 4 is 11.8 Å². The number of hydrogen-bond acceptors (Lipinski definition) is 3. The van der Waals surface area contributed by atoms with Gasteiger partial charge in [0.15, 0.2) is 0 Å². The summed E-state index contributed by atoms with van der Waals surface area (Å²) in [4.78, 5) is 27.9. The van der Waals surface area contributed by atoms with Gasteiger partial charge in [-0.1, -0.05) is 18.2 Å². The van der Waals surface area contributed by atoms with E-state index in [1.54, 1.807) is 18.3 Å². The molecule has 2 aromatic rings. The number of carbonyl (C=O) groups excluding carboxylic acids is 2. The van der Waals surface area contributed by atoms with Crippen molar-refractivity contribution < 1.29 is 9.59 Å². The normalized spacial score (nSPS) is 10.4. The highest BCUT2D eigenvalue weighted by molar-refractivity contribution is 5.96. The van der Waals surface area contributed by atoms with Crippen molar-refractivity contribution in [2.24, 2.45) is 0 Å². The fourth-order valence-corrected chi connectivity index (χ4v) is 2.20. The zero-order valence-electron chi connectivity index (χ0n) is 13.6. The van der Waals surface area contributed by atoms with Gasteiger partial charge in [-0.3, -0.25) is 14.6 Å². The molecule has 0 fully saturated rings. The second kappa shape index (κ2) is 7.54. The Morgan fingerprint density at radius 2 is 1.83 bits per heavy atom. The van der Waals surface area contributed by atoms with Crippen LogP contribution in [-0.4, -0.2) is 29.4 Å². The molecule has 23 heavy (non-hydrogen) atoms. The van der Waals surface area contributed by atoms with E-state index in [4.69, 9.17) is 0 Å². The topological polar surface area (TPSA) is 71.1 Å². The minimum Gasteiger partial charge on any atom is -0.352 e. The highest BCUT2D eigenvalue weighted by Crippen LogP contribution is 2.20. The minimum absolute atomic E-state index is 0.0296. The third kappa shape index (κ3) is 4.64. The molecule has 1 heterocycles. The Morgan fingerprint density at radius 1 is 1.13 bits per heavy atom. The van der Waals surface area contributed by atoms with Gasteiger partial charge in [0.1, 0.15) is 0 Å². The molecule has 0 radical (unpaired) electrons. The minimum atomic E-state index is -0.270. The lowest BCUT2D eigenvalue weighted by molar-refractivity contribution is -0.120. The van der Waals surface area contributed by atoms with Crippen LogP contribution in [0.1, 0.15) is 29.8 Å². The summed E-state index contributed by atoms with van der Waals surface area (Å²) in [6.45, 7) is 5.71. The first-order chi connectivity index (χ1) is 11.0. The fourth-order valence-electron chi connectivity index (χ4n) is 2.20. The molecular formula is C18H21N3O2. The van der Waals surface area contributed by atoms with E-state index in [0.29, 0.717) is 5.56 Å². The average Bonchev–Trinajstić information content (AvgIpc) is 2.53. The van der Waals surface area contributed by atoms with Crippen LogP contribution in [0.2, 0.25) is 0 Å². The average molecular weight is 311 g/mol. The number of carbonyl (C=O) groups is 2. The van der Waals surface area contributed by atoms with Crippen molar-refractivity contribution in [1.29, 1.82) is 0 Å². The van der Waals surface area contributed by atoms with E-state index in [1.165, 1.54) is 0 Å². The molecule has 2 rings (SSSR count). The summed E-state index contributed by atoms with van der Waals surface area (Å²) in [6, 6.07) is 11.1. The first-order valence-electron chi connectivity index (χ1n) is 7.57. The number of rotatable bonds is 5. The molecule has 0 saturated carbocycles. The van der Waals surface area contributed by atoms with E-state index in [2.05, 4.69) is 15.6 Å². The number of aryl methyl sites for hydroxylation is 1. The smallest absolute Gasteiger partial charge is 0.251 e. The van der Waals surface area contributed by atoms with Gasteiger partial charge in [0.2, 0.25) is 5.91 Å². The molecule has 0 spiro atoms. The van der Waals surface area contributed by atoms with Crippen LogP contribution in [0.3, 0.4) is 0 Å². The Bertz CT molecular complexity index is 694. The van der Waals surface area contributed by atoms with Gasteiger partial charge in [-0.2, -0.15) is 0 Å². The molecule has 0 aliphatic rings. The monoisotopic (exact) mass is 311 g/mol. The van der Waals surface area contributed by atoms with Gasteiger partial charge in [-0.25, -0.2) is 0 Å². The number of amides is 2. The molecule has 120 valence electrons. The van der Waals surface area contributed by atoms with E-state index in [1.807, 2.05) is 45.0 Å². The molecule has 2 N–H and O–H groups in total. The van der Waals surface area contributed by atoms with Crippen LogP contribution in [0.4, 0.5) is 0 Å².